The molecule has 0 aromatic carbocycles. The lowest BCUT2D eigenvalue weighted by Crippen LogP contribution is -2.32. The standard InChI is InChI=1S/C11H17F3OS/c12-11(13,14)16-4-3-10(7-15)6-8-1-2-9(10)5-8/h8-9,15H,1-7H2. The summed E-state index contributed by atoms with van der Waals surface area (Å²) in [6, 6.07) is 0. The predicted octanol–water partition coefficient (Wildman–Crippen LogP) is 3.43. The third-order valence-corrected chi connectivity index (χ3v) is 5.02. The summed E-state index contributed by atoms with van der Waals surface area (Å²) < 4.78 is 36.1. The Labute approximate surface area is 97.8 Å². The number of aliphatic hydroxyl groups is 1. The summed E-state index contributed by atoms with van der Waals surface area (Å²) in [7, 11) is 0. The average molecular weight is 254 g/mol. The van der Waals surface area contributed by atoms with Gasteiger partial charge in [-0.05, 0) is 42.9 Å². The fraction of sp³-hybridized carbons (Fsp3) is 1.00. The van der Waals surface area contributed by atoms with Crippen molar-refractivity contribution in [3.05, 3.63) is 0 Å². The lowest BCUT2D eigenvalue weighted by Gasteiger charge is -2.36. The lowest BCUT2D eigenvalue weighted by molar-refractivity contribution is -0.0332. The van der Waals surface area contributed by atoms with Crippen molar-refractivity contribution in [2.75, 3.05) is 12.4 Å². The minimum atomic E-state index is -4.13. The molecule has 3 unspecified atom stereocenters. The van der Waals surface area contributed by atoms with E-state index in [0.717, 1.165) is 19.3 Å². The van der Waals surface area contributed by atoms with Crippen molar-refractivity contribution in [3.8, 4) is 0 Å². The maximum absolute atomic E-state index is 12.0. The second-order valence-corrected chi connectivity index (χ2v) is 6.30. The quantitative estimate of drug-likeness (QED) is 0.829. The van der Waals surface area contributed by atoms with E-state index in [1.54, 1.807) is 0 Å². The van der Waals surface area contributed by atoms with Crippen molar-refractivity contribution in [2.24, 2.45) is 17.3 Å². The second kappa shape index (κ2) is 4.41. The summed E-state index contributed by atoms with van der Waals surface area (Å²) in [4.78, 5) is 0. The molecule has 2 rings (SSSR count). The molecule has 16 heavy (non-hydrogen) atoms. The Balaban J connectivity index is 1.87. The zero-order valence-electron chi connectivity index (χ0n) is 9.09. The van der Waals surface area contributed by atoms with Crippen LogP contribution in [-0.4, -0.2) is 23.0 Å². The zero-order valence-corrected chi connectivity index (χ0v) is 9.91. The summed E-state index contributed by atoms with van der Waals surface area (Å²) in [5.41, 5.74) is -4.32. The Morgan fingerprint density at radius 1 is 1.31 bits per heavy atom. The van der Waals surface area contributed by atoms with E-state index >= 15 is 0 Å². The molecule has 2 saturated carbocycles. The molecule has 0 radical (unpaired) electrons. The van der Waals surface area contributed by atoms with Crippen molar-refractivity contribution >= 4 is 11.8 Å². The zero-order chi connectivity index (χ0) is 11.8. The molecule has 1 nitrogen and oxygen atoms in total. The molecule has 1 N–H and O–H groups in total. The highest BCUT2D eigenvalue weighted by molar-refractivity contribution is 8.00. The third-order valence-electron chi connectivity index (χ3n) is 4.28. The Morgan fingerprint density at radius 2 is 2.06 bits per heavy atom. The largest absolute Gasteiger partial charge is 0.441 e. The van der Waals surface area contributed by atoms with Gasteiger partial charge in [-0.15, -0.1) is 0 Å². The van der Waals surface area contributed by atoms with Crippen molar-refractivity contribution in [3.63, 3.8) is 0 Å². The van der Waals surface area contributed by atoms with Gasteiger partial charge < -0.3 is 5.11 Å². The highest BCUT2D eigenvalue weighted by Crippen LogP contribution is 2.57. The molecule has 0 heterocycles. The fourth-order valence-corrected chi connectivity index (χ4v) is 4.25. The molecule has 3 atom stereocenters. The third kappa shape index (κ3) is 2.50. The van der Waals surface area contributed by atoms with E-state index in [0.29, 0.717) is 18.3 Å². The van der Waals surface area contributed by atoms with Crippen LogP contribution in [0.4, 0.5) is 13.2 Å². The van der Waals surface area contributed by atoms with E-state index in [1.165, 1.54) is 6.42 Å². The van der Waals surface area contributed by atoms with E-state index in [1.807, 2.05) is 0 Å². The first-order valence-corrected chi connectivity index (χ1v) is 6.75. The molecule has 2 aliphatic rings. The van der Waals surface area contributed by atoms with Gasteiger partial charge in [-0.2, -0.15) is 13.2 Å². The molecule has 2 bridgehead atoms. The maximum Gasteiger partial charge on any atom is 0.441 e. The van der Waals surface area contributed by atoms with Crippen LogP contribution in [0, 0.1) is 17.3 Å². The number of alkyl halides is 3. The number of rotatable bonds is 4. The number of fused-ring (bicyclic) bond motifs is 2. The summed E-state index contributed by atoms with van der Waals surface area (Å²) in [6.07, 6.45) is 4.87. The van der Waals surface area contributed by atoms with E-state index in [4.69, 9.17) is 0 Å². The first-order valence-electron chi connectivity index (χ1n) is 5.77. The smallest absolute Gasteiger partial charge is 0.396 e. The summed E-state index contributed by atoms with van der Waals surface area (Å²) in [5, 5.41) is 9.48. The fourth-order valence-electron chi connectivity index (χ4n) is 3.51. The van der Waals surface area contributed by atoms with Crippen LogP contribution in [0.1, 0.15) is 32.1 Å². The summed E-state index contributed by atoms with van der Waals surface area (Å²) >= 11 is 0.0506. The van der Waals surface area contributed by atoms with Gasteiger partial charge in [-0.3, -0.25) is 0 Å². The molecule has 94 valence electrons. The molecule has 0 spiro atoms. The van der Waals surface area contributed by atoms with Gasteiger partial charge in [0.05, 0.1) is 0 Å². The molecule has 5 heteroatoms. The maximum atomic E-state index is 12.0. The normalized spacial score (nSPS) is 38.2. The number of thioether (sulfide) groups is 1. The minimum Gasteiger partial charge on any atom is -0.396 e. The molecule has 2 fully saturated rings. The Bertz CT molecular complexity index is 256. The van der Waals surface area contributed by atoms with Gasteiger partial charge in [0.25, 0.3) is 0 Å². The molecule has 2 aliphatic carbocycles. The lowest BCUT2D eigenvalue weighted by atomic mass is 9.72. The monoisotopic (exact) mass is 254 g/mol. The SMILES string of the molecule is OCC1(CCSC(F)(F)F)CC2CCC1C2. The Hall–Kier alpha value is 0.100. The summed E-state index contributed by atoms with van der Waals surface area (Å²) in [5.74, 6) is 1.22. The van der Waals surface area contributed by atoms with Crippen LogP contribution in [0.25, 0.3) is 0 Å². The molecule has 0 saturated heterocycles. The van der Waals surface area contributed by atoms with Crippen LogP contribution < -0.4 is 0 Å². The van der Waals surface area contributed by atoms with Crippen molar-refractivity contribution in [2.45, 2.75) is 37.6 Å². The first kappa shape index (κ1) is 12.6. The highest BCUT2D eigenvalue weighted by Gasteiger charge is 2.50. The van der Waals surface area contributed by atoms with Crippen molar-refractivity contribution in [1.29, 1.82) is 0 Å². The highest BCUT2D eigenvalue weighted by atomic mass is 32.2. The number of hydrogen-bond acceptors (Lipinski definition) is 2. The average Bonchev–Trinajstić information content (AvgIpc) is 2.75. The van der Waals surface area contributed by atoms with Crippen LogP contribution in [-0.2, 0) is 0 Å². The van der Waals surface area contributed by atoms with Gasteiger partial charge in [-0.1, -0.05) is 18.2 Å². The van der Waals surface area contributed by atoms with E-state index < -0.39 is 5.51 Å². The van der Waals surface area contributed by atoms with Crippen LogP contribution >= 0.6 is 11.8 Å². The van der Waals surface area contributed by atoms with Gasteiger partial charge in [0.2, 0.25) is 0 Å². The van der Waals surface area contributed by atoms with Crippen molar-refractivity contribution in [1.82, 2.24) is 0 Å². The van der Waals surface area contributed by atoms with E-state index in [9.17, 15) is 18.3 Å². The van der Waals surface area contributed by atoms with E-state index in [2.05, 4.69) is 0 Å². The van der Waals surface area contributed by atoms with Crippen LogP contribution in [0.3, 0.4) is 0 Å². The Morgan fingerprint density at radius 3 is 2.50 bits per heavy atom. The number of aliphatic hydroxyl groups excluding tert-OH is 1. The van der Waals surface area contributed by atoms with Gasteiger partial charge in [-0.25, -0.2) is 0 Å². The molecular formula is C11H17F3OS. The summed E-state index contributed by atoms with van der Waals surface area (Å²) in [6.45, 7) is 0.0621. The molecule has 0 amide bonds. The molecule has 0 aliphatic heterocycles. The molecule has 0 aromatic heterocycles. The van der Waals surface area contributed by atoms with Crippen LogP contribution in [0.5, 0.6) is 0 Å². The van der Waals surface area contributed by atoms with Gasteiger partial charge >= 0.3 is 5.51 Å². The van der Waals surface area contributed by atoms with Gasteiger partial charge in [0.15, 0.2) is 0 Å². The second-order valence-electron chi connectivity index (χ2n) is 5.14. The number of hydrogen-bond donors (Lipinski definition) is 1. The minimum absolute atomic E-state index is 0.0506. The van der Waals surface area contributed by atoms with E-state index in [-0.39, 0.29) is 29.5 Å². The van der Waals surface area contributed by atoms with Gasteiger partial charge in [0, 0.05) is 12.4 Å². The topological polar surface area (TPSA) is 20.2 Å². The number of halogens is 3. The van der Waals surface area contributed by atoms with Crippen molar-refractivity contribution < 1.29 is 18.3 Å². The van der Waals surface area contributed by atoms with Gasteiger partial charge in [0.1, 0.15) is 0 Å². The molecule has 0 aromatic rings. The predicted molar refractivity (Wildman–Crippen MR) is 58.1 cm³/mol. The first-order chi connectivity index (χ1) is 7.45. The van der Waals surface area contributed by atoms with Crippen LogP contribution in [0.15, 0.2) is 0 Å². The van der Waals surface area contributed by atoms with Crippen LogP contribution in [0.2, 0.25) is 0 Å². The molecular weight excluding hydrogens is 237 g/mol. The Kier molecular flexibility index (Phi) is 3.46.